The molecule has 2 aromatic carbocycles. The molecule has 2 aliphatic heterocycles. The number of likely N-dealkylation sites (tertiary alicyclic amines) is 1. The number of aromatic nitrogens is 1. The van der Waals surface area contributed by atoms with E-state index in [4.69, 9.17) is 9.47 Å². The molecule has 1 spiro atoms. The van der Waals surface area contributed by atoms with Crippen LogP contribution in [0.3, 0.4) is 0 Å². The van der Waals surface area contributed by atoms with Crippen molar-refractivity contribution in [3.63, 3.8) is 0 Å². The van der Waals surface area contributed by atoms with Crippen molar-refractivity contribution in [3.05, 3.63) is 59.3 Å². The molecule has 6 heteroatoms. The third-order valence-corrected chi connectivity index (χ3v) is 7.45. The molecule has 6 nitrogen and oxygen atoms in total. The summed E-state index contributed by atoms with van der Waals surface area (Å²) in [6.45, 7) is 4.32. The monoisotopic (exact) mass is 436 g/mol. The lowest BCUT2D eigenvalue weighted by Gasteiger charge is -2.46. The number of methoxy groups -OCH3 is 1. The number of β-amino-alcohol motifs (C(OH)–C–C–N with tert-alkyl or cyclic N) is 1. The van der Waals surface area contributed by atoms with E-state index in [1.54, 1.807) is 7.11 Å². The highest BCUT2D eigenvalue weighted by Crippen LogP contribution is 2.45. The van der Waals surface area contributed by atoms with Crippen LogP contribution in [0.25, 0.3) is 10.9 Å². The number of hydrogen-bond acceptors (Lipinski definition) is 5. The molecule has 32 heavy (non-hydrogen) atoms. The molecular formula is C26H32N2O4. The van der Waals surface area contributed by atoms with Gasteiger partial charge in [0.05, 0.1) is 19.3 Å². The minimum absolute atomic E-state index is 0.365. The highest BCUT2D eigenvalue weighted by atomic mass is 16.5. The van der Waals surface area contributed by atoms with E-state index in [1.807, 2.05) is 30.3 Å². The first-order valence-electron chi connectivity index (χ1n) is 11.4. The highest BCUT2D eigenvalue weighted by molar-refractivity contribution is 5.85. The lowest BCUT2D eigenvalue weighted by molar-refractivity contribution is -0.0588. The van der Waals surface area contributed by atoms with Crippen LogP contribution >= 0.6 is 0 Å². The number of nitrogens with zero attached hydrogens (tertiary/aromatic N) is 2. The van der Waals surface area contributed by atoms with Crippen LogP contribution in [0.15, 0.2) is 42.5 Å². The van der Waals surface area contributed by atoms with Crippen LogP contribution in [0.4, 0.5) is 0 Å². The number of rotatable bonds is 4. The average Bonchev–Trinajstić information content (AvgIpc) is 3.05. The fraction of sp³-hybridized carbons (Fsp3) is 0.462. The van der Waals surface area contributed by atoms with E-state index in [0.717, 1.165) is 65.2 Å². The zero-order chi connectivity index (χ0) is 22.5. The van der Waals surface area contributed by atoms with Crippen LogP contribution < -0.4 is 9.47 Å². The summed E-state index contributed by atoms with van der Waals surface area (Å²) in [5, 5.41) is 23.0. The maximum atomic E-state index is 11.2. The van der Waals surface area contributed by atoms with Gasteiger partial charge in [0, 0.05) is 66.9 Å². The normalized spacial score (nSPS) is 21.3. The molecule has 2 atom stereocenters. The summed E-state index contributed by atoms with van der Waals surface area (Å²) in [7, 11) is 3.69. The SMILES string of the molecule is COc1ccc2c(c1)OC1(CCN(C[C@H](O)c3c(C)n(C)c4ccccc34)CC1)C[C@H]2O. The molecule has 5 rings (SSSR count). The molecule has 170 valence electrons. The number of benzene rings is 2. The van der Waals surface area contributed by atoms with E-state index >= 15 is 0 Å². The molecule has 1 fully saturated rings. The molecule has 0 radical (unpaired) electrons. The molecule has 2 N–H and O–H groups in total. The molecule has 3 aromatic rings. The van der Waals surface area contributed by atoms with Crippen LogP contribution in [-0.2, 0) is 7.05 Å². The minimum atomic E-state index is -0.544. The van der Waals surface area contributed by atoms with E-state index in [0.29, 0.717) is 13.0 Å². The first-order chi connectivity index (χ1) is 15.4. The van der Waals surface area contributed by atoms with Crippen molar-refractivity contribution >= 4 is 10.9 Å². The molecule has 0 aliphatic carbocycles. The fourth-order valence-electron chi connectivity index (χ4n) is 5.50. The van der Waals surface area contributed by atoms with Gasteiger partial charge >= 0.3 is 0 Å². The van der Waals surface area contributed by atoms with E-state index in [2.05, 4.69) is 35.6 Å². The van der Waals surface area contributed by atoms with Crippen LogP contribution in [0.5, 0.6) is 11.5 Å². The topological polar surface area (TPSA) is 67.1 Å². The summed E-state index contributed by atoms with van der Waals surface area (Å²) in [6, 6.07) is 13.9. The zero-order valence-corrected chi connectivity index (χ0v) is 19.0. The molecule has 0 unspecified atom stereocenters. The zero-order valence-electron chi connectivity index (χ0n) is 19.0. The molecule has 1 saturated heterocycles. The second-order valence-electron chi connectivity index (χ2n) is 9.30. The number of para-hydroxylation sites is 1. The first kappa shape index (κ1) is 21.3. The second kappa shape index (κ2) is 8.10. The van der Waals surface area contributed by atoms with Gasteiger partial charge in [-0.05, 0) is 38.0 Å². The molecule has 2 aliphatic rings. The molecule has 0 amide bonds. The Bertz CT molecular complexity index is 1130. The van der Waals surface area contributed by atoms with Crippen LogP contribution in [0.1, 0.15) is 48.3 Å². The Balaban J connectivity index is 1.29. The Labute approximate surface area is 189 Å². The van der Waals surface area contributed by atoms with Crippen LogP contribution in [-0.4, -0.2) is 52.0 Å². The number of aliphatic hydroxyl groups excluding tert-OH is 2. The molecular weight excluding hydrogens is 404 g/mol. The minimum Gasteiger partial charge on any atom is -0.497 e. The number of hydrogen-bond donors (Lipinski definition) is 2. The van der Waals surface area contributed by atoms with Gasteiger partial charge in [0.25, 0.3) is 0 Å². The number of piperidine rings is 1. The smallest absolute Gasteiger partial charge is 0.129 e. The van der Waals surface area contributed by atoms with E-state index in [1.165, 1.54) is 0 Å². The third kappa shape index (κ3) is 3.56. The summed E-state index contributed by atoms with van der Waals surface area (Å²) >= 11 is 0. The largest absolute Gasteiger partial charge is 0.497 e. The van der Waals surface area contributed by atoms with Gasteiger partial charge in [-0.15, -0.1) is 0 Å². The van der Waals surface area contributed by atoms with Crippen LogP contribution in [0.2, 0.25) is 0 Å². The first-order valence-corrected chi connectivity index (χ1v) is 11.4. The van der Waals surface area contributed by atoms with Crippen molar-refractivity contribution in [2.75, 3.05) is 26.7 Å². The summed E-state index contributed by atoms with van der Waals surface area (Å²) in [5.74, 6) is 1.46. The van der Waals surface area contributed by atoms with E-state index in [-0.39, 0.29) is 5.60 Å². The van der Waals surface area contributed by atoms with Crippen molar-refractivity contribution in [1.82, 2.24) is 9.47 Å². The van der Waals surface area contributed by atoms with Gasteiger partial charge in [-0.2, -0.15) is 0 Å². The number of fused-ring (bicyclic) bond motifs is 2. The van der Waals surface area contributed by atoms with Gasteiger partial charge in [0.1, 0.15) is 17.1 Å². The van der Waals surface area contributed by atoms with E-state index < -0.39 is 12.2 Å². The van der Waals surface area contributed by atoms with Gasteiger partial charge < -0.3 is 29.2 Å². The lowest BCUT2D eigenvalue weighted by atomic mass is 9.81. The summed E-state index contributed by atoms with van der Waals surface area (Å²) < 4.78 is 14.0. The predicted octanol–water partition coefficient (Wildman–Crippen LogP) is 3.88. The molecule has 3 heterocycles. The maximum absolute atomic E-state index is 11.2. The molecule has 0 saturated carbocycles. The average molecular weight is 437 g/mol. The second-order valence-corrected chi connectivity index (χ2v) is 9.30. The fourth-order valence-corrected chi connectivity index (χ4v) is 5.50. The van der Waals surface area contributed by atoms with Gasteiger partial charge in [0.15, 0.2) is 0 Å². The Morgan fingerprint density at radius 1 is 1.19 bits per heavy atom. The van der Waals surface area contributed by atoms with Gasteiger partial charge in [-0.25, -0.2) is 0 Å². The van der Waals surface area contributed by atoms with E-state index in [9.17, 15) is 10.2 Å². The molecule has 0 bridgehead atoms. The number of ether oxygens (including phenoxy) is 2. The summed E-state index contributed by atoms with van der Waals surface area (Å²) in [5.41, 5.74) is 3.75. The maximum Gasteiger partial charge on any atom is 0.129 e. The van der Waals surface area contributed by atoms with Crippen molar-refractivity contribution in [2.45, 2.75) is 44.0 Å². The predicted molar refractivity (Wildman–Crippen MR) is 124 cm³/mol. The van der Waals surface area contributed by atoms with Crippen LogP contribution in [0, 0.1) is 6.92 Å². The summed E-state index contributed by atoms with van der Waals surface area (Å²) in [4.78, 5) is 2.31. The standard InChI is InChI=1S/C26H32N2O4/c1-17-25(19-6-4-5-7-21(19)27(17)2)23(30)16-28-12-10-26(11-13-28)15-22(29)20-9-8-18(31-3)14-24(20)32-26/h4-9,14,22-23,29-30H,10-13,15-16H2,1-3H3/t22-,23+/m1/s1. The lowest BCUT2D eigenvalue weighted by Crippen LogP contribution is -2.51. The van der Waals surface area contributed by atoms with Gasteiger partial charge in [-0.3, -0.25) is 0 Å². The Kier molecular flexibility index (Phi) is 5.40. The highest BCUT2D eigenvalue weighted by Gasteiger charge is 2.43. The Morgan fingerprint density at radius 2 is 1.94 bits per heavy atom. The number of aliphatic hydroxyl groups is 2. The van der Waals surface area contributed by atoms with Gasteiger partial charge in [0.2, 0.25) is 0 Å². The third-order valence-electron chi connectivity index (χ3n) is 7.45. The number of aryl methyl sites for hydroxylation is 1. The van der Waals surface area contributed by atoms with Crippen molar-refractivity contribution in [1.29, 1.82) is 0 Å². The summed E-state index contributed by atoms with van der Waals surface area (Å²) in [6.07, 6.45) is 1.17. The van der Waals surface area contributed by atoms with Crippen molar-refractivity contribution in [3.8, 4) is 11.5 Å². The van der Waals surface area contributed by atoms with Crippen molar-refractivity contribution in [2.24, 2.45) is 7.05 Å². The van der Waals surface area contributed by atoms with Crippen molar-refractivity contribution < 1.29 is 19.7 Å². The van der Waals surface area contributed by atoms with Gasteiger partial charge in [-0.1, -0.05) is 18.2 Å². The molecule has 1 aromatic heterocycles. The Hall–Kier alpha value is -2.54. The quantitative estimate of drug-likeness (QED) is 0.650. The Morgan fingerprint density at radius 3 is 2.69 bits per heavy atom.